The lowest BCUT2D eigenvalue weighted by atomic mass is 10.1. The summed E-state index contributed by atoms with van der Waals surface area (Å²) in [6.07, 6.45) is 0.721. The molecular weight excluding hydrogens is 561 g/mol. The fraction of sp³-hybridized carbons (Fsp3) is 0.286. The summed E-state index contributed by atoms with van der Waals surface area (Å²) in [7, 11) is -2.71. The van der Waals surface area contributed by atoms with Crippen LogP contribution in [0, 0.1) is 0 Å². The average Bonchev–Trinajstić information content (AvgIpc) is 2.94. The number of ether oxygens (including phenoxy) is 1. The lowest BCUT2D eigenvalue weighted by molar-refractivity contribution is -0.139. The molecule has 0 spiro atoms. The van der Waals surface area contributed by atoms with Crippen LogP contribution in [-0.4, -0.2) is 51.4 Å². The molecule has 0 aliphatic rings. The molecule has 1 N–H and O–H groups in total. The minimum Gasteiger partial charge on any atom is -0.497 e. The summed E-state index contributed by atoms with van der Waals surface area (Å²) in [5.74, 6) is -0.374. The number of benzene rings is 3. The van der Waals surface area contributed by atoms with Crippen LogP contribution in [0.2, 0.25) is 10.0 Å². The molecule has 0 saturated heterocycles. The highest BCUT2D eigenvalue weighted by Crippen LogP contribution is 2.33. The maximum absolute atomic E-state index is 13.9. The molecule has 2 amide bonds. The van der Waals surface area contributed by atoms with E-state index in [2.05, 4.69) is 5.32 Å². The minimum absolute atomic E-state index is 0.0260. The largest absolute Gasteiger partial charge is 0.497 e. The first-order chi connectivity index (χ1) is 18.6. The topological polar surface area (TPSA) is 96.0 Å². The number of hydrogen-bond donors (Lipinski definition) is 1. The van der Waals surface area contributed by atoms with Crippen LogP contribution in [-0.2, 0) is 26.2 Å². The fourth-order valence-electron chi connectivity index (χ4n) is 3.86. The van der Waals surface area contributed by atoms with Gasteiger partial charge in [0, 0.05) is 18.1 Å². The summed E-state index contributed by atoms with van der Waals surface area (Å²) < 4.78 is 33.8. The zero-order valence-electron chi connectivity index (χ0n) is 21.9. The molecular formula is C28H31Cl2N3O5S. The third kappa shape index (κ3) is 7.65. The second-order valence-corrected chi connectivity index (χ2v) is 11.5. The van der Waals surface area contributed by atoms with Gasteiger partial charge in [0.1, 0.15) is 18.3 Å². The summed E-state index contributed by atoms with van der Waals surface area (Å²) in [4.78, 5) is 28.2. The molecule has 11 heteroatoms. The van der Waals surface area contributed by atoms with Crippen LogP contribution in [0.4, 0.5) is 5.69 Å². The van der Waals surface area contributed by atoms with Gasteiger partial charge in [0.05, 0.1) is 22.7 Å². The summed E-state index contributed by atoms with van der Waals surface area (Å²) in [6.45, 7) is 3.39. The maximum atomic E-state index is 13.9. The zero-order chi connectivity index (χ0) is 28.6. The standard InChI is InChI=1S/C28H31Cl2N3O5S/c1-4-15-31-28(35)20(2)32(18-21-9-8-10-23(16-21)38-3)27(34)19-33(26-17-22(29)13-14-25(26)30)39(36,37)24-11-6-5-7-12-24/h5-14,16-17,20H,4,15,18-19H2,1-3H3,(H,31,35). The first-order valence-corrected chi connectivity index (χ1v) is 14.5. The lowest BCUT2D eigenvalue weighted by Gasteiger charge is -2.32. The van der Waals surface area contributed by atoms with Crippen LogP contribution in [0.15, 0.2) is 77.7 Å². The van der Waals surface area contributed by atoms with E-state index in [4.69, 9.17) is 27.9 Å². The second-order valence-electron chi connectivity index (χ2n) is 8.76. The number of nitrogens with one attached hydrogen (secondary N) is 1. The van der Waals surface area contributed by atoms with Crippen molar-refractivity contribution in [3.8, 4) is 5.75 Å². The Bertz CT molecular complexity index is 1400. The first-order valence-electron chi connectivity index (χ1n) is 12.3. The van der Waals surface area contributed by atoms with Crippen molar-refractivity contribution in [3.05, 3.63) is 88.4 Å². The first kappa shape index (κ1) is 30.3. The van der Waals surface area contributed by atoms with Crippen molar-refractivity contribution in [1.29, 1.82) is 0 Å². The molecule has 0 saturated carbocycles. The zero-order valence-corrected chi connectivity index (χ0v) is 24.3. The maximum Gasteiger partial charge on any atom is 0.264 e. The van der Waals surface area contributed by atoms with E-state index in [9.17, 15) is 18.0 Å². The van der Waals surface area contributed by atoms with Gasteiger partial charge in [0.25, 0.3) is 10.0 Å². The Morgan fingerprint density at radius 1 is 1.00 bits per heavy atom. The fourth-order valence-corrected chi connectivity index (χ4v) is 5.74. The molecule has 0 bridgehead atoms. The van der Waals surface area contributed by atoms with Gasteiger partial charge >= 0.3 is 0 Å². The Morgan fingerprint density at radius 2 is 1.72 bits per heavy atom. The van der Waals surface area contributed by atoms with Crippen LogP contribution in [0.5, 0.6) is 5.75 Å². The SMILES string of the molecule is CCCNC(=O)C(C)N(Cc1cccc(OC)c1)C(=O)CN(c1cc(Cl)ccc1Cl)S(=O)(=O)c1ccccc1. The van der Waals surface area contributed by atoms with Crippen LogP contribution >= 0.6 is 23.2 Å². The van der Waals surface area contributed by atoms with Crippen molar-refractivity contribution in [1.82, 2.24) is 10.2 Å². The van der Waals surface area contributed by atoms with Gasteiger partial charge in [-0.05, 0) is 61.4 Å². The van der Waals surface area contributed by atoms with Crippen LogP contribution in [0.1, 0.15) is 25.8 Å². The summed E-state index contributed by atoms with van der Waals surface area (Å²) in [5, 5.41) is 3.15. The number of methoxy groups -OCH3 is 1. The van der Waals surface area contributed by atoms with Crippen molar-refractivity contribution >= 4 is 50.7 Å². The van der Waals surface area contributed by atoms with Gasteiger partial charge in [-0.3, -0.25) is 13.9 Å². The molecule has 3 aromatic rings. The van der Waals surface area contributed by atoms with Crippen molar-refractivity contribution in [2.24, 2.45) is 0 Å². The van der Waals surface area contributed by atoms with Gasteiger partial charge in [-0.2, -0.15) is 0 Å². The molecule has 0 fully saturated rings. The summed E-state index contributed by atoms with van der Waals surface area (Å²) in [5.41, 5.74) is 0.752. The number of nitrogens with zero attached hydrogens (tertiary/aromatic N) is 2. The Labute approximate surface area is 239 Å². The number of carbonyl (C=O) groups excluding carboxylic acids is 2. The highest BCUT2D eigenvalue weighted by atomic mass is 35.5. The molecule has 1 unspecified atom stereocenters. The smallest absolute Gasteiger partial charge is 0.264 e. The highest BCUT2D eigenvalue weighted by Gasteiger charge is 2.33. The molecule has 1 atom stereocenters. The molecule has 208 valence electrons. The Hall–Kier alpha value is -3.27. The average molecular weight is 593 g/mol. The number of hydrogen-bond acceptors (Lipinski definition) is 5. The van der Waals surface area contributed by atoms with Crippen molar-refractivity contribution in [2.45, 2.75) is 37.8 Å². The molecule has 0 aliphatic carbocycles. The lowest BCUT2D eigenvalue weighted by Crippen LogP contribution is -2.51. The highest BCUT2D eigenvalue weighted by molar-refractivity contribution is 7.92. The van der Waals surface area contributed by atoms with Gasteiger partial charge < -0.3 is 15.0 Å². The molecule has 8 nitrogen and oxygen atoms in total. The molecule has 3 aromatic carbocycles. The predicted octanol–water partition coefficient (Wildman–Crippen LogP) is 5.14. The van der Waals surface area contributed by atoms with E-state index < -0.39 is 28.5 Å². The molecule has 0 heterocycles. The van der Waals surface area contributed by atoms with Gasteiger partial charge in [-0.15, -0.1) is 0 Å². The number of halogens is 2. The molecule has 0 radical (unpaired) electrons. The number of amides is 2. The normalized spacial score (nSPS) is 11.9. The summed E-state index contributed by atoms with van der Waals surface area (Å²) in [6, 6.07) is 18.3. The Balaban J connectivity index is 2.05. The van der Waals surface area contributed by atoms with E-state index in [-0.39, 0.29) is 33.1 Å². The van der Waals surface area contributed by atoms with Crippen LogP contribution < -0.4 is 14.4 Å². The van der Waals surface area contributed by atoms with Gasteiger partial charge in [0.15, 0.2) is 0 Å². The van der Waals surface area contributed by atoms with E-state index in [0.29, 0.717) is 17.9 Å². The van der Waals surface area contributed by atoms with Gasteiger partial charge in [-0.1, -0.05) is 60.5 Å². The number of sulfonamides is 1. The number of carbonyl (C=O) groups is 2. The third-order valence-electron chi connectivity index (χ3n) is 5.99. The molecule has 0 aromatic heterocycles. The molecule has 0 aliphatic heterocycles. The second kappa shape index (κ2) is 13.7. The third-order valence-corrected chi connectivity index (χ3v) is 8.32. The van der Waals surface area contributed by atoms with E-state index >= 15 is 0 Å². The van der Waals surface area contributed by atoms with E-state index in [1.807, 2.05) is 6.92 Å². The van der Waals surface area contributed by atoms with E-state index in [1.165, 1.54) is 42.3 Å². The van der Waals surface area contributed by atoms with E-state index in [0.717, 1.165) is 10.7 Å². The Kier molecular flexibility index (Phi) is 10.6. The van der Waals surface area contributed by atoms with Crippen molar-refractivity contribution < 1.29 is 22.7 Å². The van der Waals surface area contributed by atoms with Gasteiger partial charge in [-0.25, -0.2) is 8.42 Å². The minimum atomic E-state index is -4.24. The number of anilines is 1. The van der Waals surface area contributed by atoms with Crippen LogP contribution in [0.3, 0.4) is 0 Å². The monoisotopic (exact) mass is 591 g/mol. The quantitative estimate of drug-likeness (QED) is 0.314. The van der Waals surface area contributed by atoms with Gasteiger partial charge in [0.2, 0.25) is 11.8 Å². The molecule has 39 heavy (non-hydrogen) atoms. The number of rotatable bonds is 12. The molecule has 3 rings (SSSR count). The van der Waals surface area contributed by atoms with E-state index in [1.54, 1.807) is 49.4 Å². The van der Waals surface area contributed by atoms with Crippen molar-refractivity contribution in [2.75, 3.05) is 24.5 Å². The summed E-state index contributed by atoms with van der Waals surface area (Å²) >= 11 is 12.6. The Morgan fingerprint density at radius 3 is 2.38 bits per heavy atom. The van der Waals surface area contributed by atoms with Crippen molar-refractivity contribution in [3.63, 3.8) is 0 Å². The predicted molar refractivity (Wildman–Crippen MR) is 154 cm³/mol. The van der Waals surface area contributed by atoms with Crippen LogP contribution in [0.25, 0.3) is 0 Å².